The number of amides is 1. The molecule has 0 aromatic heterocycles. The van der Waals surface area contributed by atoms with Crippen molar-refractivity contribution in [2.45, 2.75) is 0 Å². The Kier molecular flexibility index (Phi) is 4.75. The Balaban J connectivity index is 2.24. The molecule has 1 amide bonds. The van der Waals surface area contributed by atoms with Crippen LogP contribution in [0.4, 0.5) is 5.69 Å². The molecule has 0 saturated carbocycles. The lowest BCUT2D eigenvalue weighted by Gasteiger charge is -2.05. The lowest BCUT2D eigenvalue weighted by atomic mass is 10.1. The molecule has 0 unspecified atom stereocenters. The number of hydrogen-bond donors (Lipinski definition) is 2. The van der Waals surface area contributed by atoms with Crippen LogP contribution in [0.2, 0.25) is 0 Å². The van der Waals surface area contributed by atoms with Crippen LogP contribution in [-0.2, 0) is 4.79 Å². The van der Waals surface area contributed by atoms with Crippen molar-refractivity contribution in [2.24, 2.45) is 0 Å². The van der Waals surface area contributed by atoms with E-state index in [1.54, 1.807) is 36.4 Å². The molecule has 0 aliphatic heterocycles. The zero-order chi connectivity index (χ0) is 15.2. The van der Waals surface area contributed by atoms with Gasteiger partial charge in [0.15, 0.2) is 0 Å². The van der Waals surface area contributed by atoms with Gasteiger partial charge in [0.2, 0.25) is 0 Å². The molecular formula is C16H11BrN2O2. The molecule has 0 saturated heterocycles. The maximum atomic E-state index is 12.1. The Hall–Kier alpha value is -2.58. The molecule has 0 atom stereocenters. The van der Waals surface area contributed by atoms with Gasteiger partial charge in [0, 0.05) is 15.7 Å². The number of phenolic OH excluding ortho intramolecular Hbond substituents is 1. The van der Waals surface area contributed by atoms with Gasteiger partial charge in [-0.2, -0.15) is 5.26 Å². The first kappa shape index (κ1) is 14.8. The van der Waals surface area contributed by atoms with Gasteiger partial charge in [-0.05, 0) is 30.3 Å². The van der Waals surface area contributed by atoms with E-state index in [-0.39, 0.29) is 11.3 Å². The Labute approximate surface area is 130 Å². The summed E-state index contributed by atoms with van der Waals surface area (Å²) in [6.45, 7) is 0. The van der Waals surface area contributed by atoms with Crippen molar-refractivity contribution in [1.82, 2.24) is 0 Å². The minimum Gasteiger partial charge on any atom is -0.507 e. The molecule has 0 radical (unpaired) electrons. The Morgan fingerprint density at radius 3 is 2.67 bits per heavy atom. The van der Waals surface area contributed by atoms with Gasteiger partial charge in [0.1, 0.15) is 17.4 Å². The van der Waals surface area contributed by atoms with Crippen LogP contribution in [0.25, 0.3) is 6.08 Å². The highest BCUT2D eigenvalue weighted by Gasteiger charge is 2.10. The average molecular weight is 343 g/mol. The number of anilines is 1. The third-order valence-electron chi connectivity index (χ3n) is 2.68. The van der Waals surface area contributed by atoms with Gasteiger partial charge < -0.3 is 10.4 Å². The second-order valence-electron chi connectivity index (χ2n) is 4.19. The first-order valence-electron chi connectivity index (χ1n) is 6.07. The Morgan fingerprint density at radius 1 is 1.24 bits per heavy atom. The van der Waals surface area contributed by atoms with Crippen LogP contribution in [0.3, 0.4) is 0 Å². The summed E-state index contributed by atoms with van der Waals surface area (Å²) in [6.07, 6.45) is 1.35. The van der Waals surface area contributed by atoms with Crippen molar-refractivity contribution >= 4 is 33.6 Å². The Bertz CT molecular complexity index is 748. The van der Waals surface area contributed by atoms with Gasteiger partial charge in [-0.3, -0.25) is 4.79 Å². The van der Waals surface area contributed by atoms with Crippen LogP contribution in [0, 0.1) is 11.3 Å². The maximum absolute atomic E-state index is 12.1. The standard InChI is InChI=1S/C16H11BrN2O2/c17-13-5-3-6-14(9-13)19-16(21)12(10-18)8-11-4-1-2-7-15(11)20/h1-9,20H,(H,19,21)/b12-8+. The summed E-state index contributed by atoms with van der Waals surface area (Å²) < 4.78 is 0.823. The van der Waals surface area contributed by atoms with Crippen molar-refractivity contribution in [3.8, 4) is 11.8 Å². The normalized spacial score (nSPS) is 10.8. The summed E-state index contributed by atoms with van der Waals surface area (Å²) in [6, 6.07) is 15.4. The number of benzene rings is 2. The van der Waals surface area contributed by atoms with Crippen molar-refractivity contribution in [2.75, 3.05) is 5.32 Å². The van der Waals surface area contributed by atoms with Gasteiger partial charge >= 0.3 is 0 Å². The molecule has 0 aliphatic carbocycles. The third-order valence-corrected chi connectivity index (χ3v) is 3.18. The Morgan fingerprint density at radius 2 is 2.00 bits per heavy atom. The zero-order valence-electron chi connectivity index (χ0n) is 10.9. The van der Waals surface area contributed by atoms with Crippen LogP contribution >= 0.6 is 15.9 Å². The zero-order valence-corrected chi connectivity index (χ0v) is 12.5. The quantitative estimate of drug-likeness (QED) is 0.659. The van der Waals surface area contributed by atoms with Crippen LogP contribution in [0.15, 0.2) is 58.6 Å². The monoisotopic (exact) mass is 342 g/mol. The van der Waals surface area contributed by atoms with Crippen molar-refractivity contribution in [3.63, 3.8) is 0 Å². The summed E-state index contributed by atoms with van der Waals surface area (Å²) in [7, 11) is 0. The molecule has 104 valence electrons. The minimum atomic E-state index is -0.529. The number of rotatable bonds is 3. The number of hydrogen-bond acceptors (Lipinski definition) is 3. The molecule has 0 fully saturated rings. The predicted octanol–water partition coefficient (Wildman–Crippen LogP) is 3.70. The number of nitrogens with zero attached hydrogens (tertiary/aromatic N) is 1. The van der Waals surface area contributed by atoms with E-state index in [0.717, 1.165) is 4.47 Å². The van der Waals surface area contributed by atoms with Crippen molar-refractivity contribution in [3.05, 3.63) is 64.1 Å². The number of phenols is 1. The molecule has 5 heteroatoms. The molecule has 4 nitrogen and oxygen atoms in total. The molecule has 21 heavy (non-hydrogen) atoms. The second kappa shape index (κ2) is 6.73. The highest BCUT2D eigenvalue weighted by atomic mass is 79.9. The molecule has 2 aromatic rings. The number of para-hydroxylation sites is 1. The fourth-order valence-electron chi connectivity index (χ4n) is 1.68. The first-order chi connectivity index (χ1) is 10.1. The van der Waals surface area contributed by atoms with Crippen LogP contribution in [-0.4, -0.2) is 11.0 Å². The van der Waals surface area contributed by atoms with Crippen molar-refractivity contribution in [1.29, 1.82) is 5.26 Å². The minimum absolute atomic E-state index is 0.0144. The van der Waals surface area contributed by atoms with E-state index < -0.39 is 5.91 Å². The van der Waals surface area contributed by atoms with Gasteiger partial charge in [-0.1, -0.05) is 40.2 Å². The fraction of sp³-hybridized carbons (Fsp3) is 0. The number of carbonyl (C=O) groups is 1. The number of aromatic hydroxyl groups is 1. The van der Waals surface area contributed by atoms with Gasteiger partial charge in [-0.25, -0.2) is 0 Å². The highest BCUT2D eigenvalue weighted by molar-refractivity contribution is 9.10. The van der Waals surface area contributed by atoms with E-state index in [4.69, 9.17) is 5.26 Å². The maximum Gasteiger partial charge on any atom is 0.266 e. The van der Waals surface area contributed by atoms with E-state index in [1.807, 2.05) is 12.1 Å². The predicted molar refractivity (Wildman–Crippen MR) is 84.5 cm³/mol. The summed E-state index contributed by atoms with van der Waals surface area (Å²) in [5, 5.41) is 21.4. The molecule has 0 aliphatic rings. The summed E-state index contributed by atoms with van der Waals surface area (Å²) >= 11 is 3.31. The smallest absolute Gasteiger partial charge is 0.266 e. The topological polar surface area (TPSA) is 73.1 Å². The molecule has 2 aromatic carbocycles. The first-order valence-corrected chi connectivity index (χ1v) is 6.86. The number of nitrogens with one attached hydrogen (secondary N) is 1. The summed E-state index contributed by atoms with van der Waals surface area (Å²) in [4.78, 5) is 12.1. The number of nitriles is 1. The van der Waals surface area contributed by atoms with E-state index >= 15 is 0 Å². The van der Waals surface area contributed by atoms with Gasteiger partial charge in [0.25, 0.3) is 5.91 Å². The lowest BCUT2D eigenvalue weighted by molar-refractivity contribution is -0.112. The second-order valence-corrected chi connectivity index (χ2v) is 5.11. The molecule has 0 spiro atoms. The van der Waals surface area contributed by atoms with Gasteiger partial charge in [-0.15, -0.1) is 0 Å². The summed E-state index contributed by atoms with van der Waals surface area (Å²) in [5.74, 6) is -0.514. The molecule has 2 N–H and O–H groups in total. The highest BCUT2D eigenvalue weighted by Crippen LogP contribution is 2.20. The van der Waals surface area contributed by atoms with E-state index in [2.05, 4.69) is 21.2 Å². The number of halogens is 1. The van der Waals surface area contributed by atoms with Gasteiger partial charge in [0.05, 0.1) is 0 Å². The van der Waals surface area contributed by atoms with Crippen LogP contribution in [0.1, 0.15) is 5.56 Å². The van der Waals surface area contributed by atoms with E-state index in [9.17, 15) is 9.90 Å². The average Bonchev–Trinajstić information content (AvgIpc) is 2.46. The molecular weight excluding hydrogens is 332 g/mol. The molecule has 0 heterocycles. The van der Waals surface area contributed by atoms with Crippen LogP contribution < -0.4 is 5.32 Å². The van der Waals surface area contributed by atoms with E-state index in [0.29, 0.717) is 11.3 Å². The number of carbonyl (C=O) groups excluding carboxylic acids is 1. The van der Waals surface area contributed by atoms with Crippen LogP contribution in [0.5, 0.6) is 5.75 Å². The molecule has 0 bridgehead atoms. The van der Waals surface area contributed by atoms with Crippen molar-refractivity contribution < 1.29 is 9.90 Å². The SMILES string of the molecule is N#C/C(=C\c1ccccc1O)C(=O)Nc1cccc(Br)c1. The summed E-state index contributed by atoms with van der Waals surface area (Å²) in [5.41, 5.74) is 0.905. The fourth-order valence-corrected chi connectivity index (χ4v) is 2.08. The van der Waals surface area contributed by atoms with E-state index in [1.165, 1.54) is 12.1 Å². The third kappa shape index (κ3) is 3.94. The lowest BCUT2D eigenvalue weighted by Crippen LogP contribution is -2.13. The largest absolute Gasteiger partial charge is 0.507 e. The molecule has 2 rings (SSSR count).